The van der Waals surface area contributed by atoms with Crippen molar-refractivity contribution in [2.45, 2.75) is 38.6 Å². The Hall–Kier alpha value is -1.21. The molecule has 0 aromatic heterocycles. The Balaban J connectivity index is 1.95. The van der Waals surface area contributed by atoms with Gasteiger partial charge >= 0.3 is 0 Å². The SMILES string of the molecule is CCCN(C(=O)CCC(=O)c1ccc(Br)cc1)C1CCS(=O)(=O)C1. The van der Waals surface area contributed by atoms with Crippen LogP contribution in [0.2, 0.25) is 0 Å². The fourth-order valence-corrected chi connectivity index (χ4v) is 4.91. The highest BCUT2D eigenvalue weighted by Crippen LogP contribution is 2.20. The van der Waals surface area contributed by atoms with Gasteiger partial charge in [0.15, 0.2) is 15.6 Å². The summed E-state index contributed by atoms with van der Waals surface area (Å²) in [4.78, 5) is 26.3. The minimum atomic E-state index is -3.04. The van der Waals surface area contributed by atoms with E-state index in [1.807, 2.05) is 6.92 Å². The van der Waals surface area contributed by atoms with Gasteiger partial charge < -0.3 is 4.90 Å². The number of amides is 1. The van der Waals surface area contributed by atoms with Gasteiger partial charge in [0.25, 0.3) is 0 Å². The molecule has 1 heterocycles. The van der Waals surface area contributed by atoms with Crippen molar-refractivity contribution in [1.82, 2.24) is 4.90 Å². The van der Waals surface area contributed by atoms with Crippen molar-refractivity contribution in [3.63, 3.8) is 0 Å². The molecule has 1 aliphatic heterocycles. The summed E-state index contributed by atoms with van der Waals surface area (Å²) in [6.07, 6.45) is 1.52. The molecule has 5 nitrogen and oxygen atoms in total. The highest BCUT2D eigenvalue weighted by atomic mass is 79.9. The summed E-state index contributed by atoms with van der Waals surface area (Å²) in [5, 5.41) is 0. The molecule has 0 N–H and O–H groups in total. The number of sulfone groups is 1. The first kappa shape index (κ1) is 19.1. The van der Waals surface area contributed by atoms with Crippen LogP contribution in [-0.2, 0) is 14.6 Å². The van der Waals surface area contributed by atoms with Crippen LogP contribution < -0.4 is 0 Å². The molecule has 1 amide bonds. The Morgan fingerprint density at radius 1 is 1.21 bits per heavy atom. The quantitative estimate of drug-likeness (QED) is 0.641. The third kappa shape index (κ3) is 5.14. The average molecular weight is 416 g/mol. The smallest absolute Gasteiger partial charge is 0.223 e. The number of rotatable bonds is 7. The maximum atomic E-state index is 12.5. The van der Waals surface area contributed by atoms with Gasteiger partial charge in [0.05, 0.1) is 11.5 Å². The average Bonchev–Trinajstić information content (AvgIpc) is 2.90. The van der Waals surface area contributed by atoms with E-state index < -0.39 is 9.84 Å². The molecule has 0 bridgehead atoms. The normalized spacial score (nSPS) is 19.2. The monoisotopic (exact) mass is 415 g/mol. The van der Waals surface area contributed by atoms with Gasteiger partial charge in [-0.25, -0.2) is 8.42 Å². The van der Waals surface area contributed by atoms with E-state index in [2.05, 4.69) is 15.9 Å². The molecule has 1 aromatic rings. The minimum Gasteiger partial charge on any atom is -0.339 e. The Bertz CT molecular complexity index is 700. The molecular formula is C17H22BrNO4S. The lowest BCUT2D eigenvalue weighted by atomic mass is 10.1. The van der Waals surface area contributed by atoms with Crippen LogP contribution in [0.5, 0.6) is 0 Å². The van der Waals surface area contributed by atoms with E-state index in [0.717, 1.165) is 10.9 Å². The summed E-state index contributed by atoms with van der Waals surface area (Å²) in [7, 11) is -3.04. The molecule has 1 fully saturated rings. The van der Waals surface area contributed by atoms with E-state index in [1.54, 1.807) is 29.2 Å². The highest BCUT2D eigenvalue weighted by Gasteiger charge is 2.34. The van der Waals surface area contributed by atoms with Gasteiger partial charge in [0, 0.05) is 35.5 Å². The molecule has 2 rings (SSSR count). The number of Topliss-reactive ketones (excluding diaryl/α,β-unsaturated/α-hetero) is 1. The first-order valence-electron chi connectivity index (χ1n) is 8.11. The van der Waals surface area contributed by atoms with E-state index in [1.165, 1.54) is 0 Å². The number of ketones is 1. The zero-order chi connectivity index (χ0) is 17.7. The van der Waals surface area contributed by atoms with Crippen LogP contribution >= 0.6 is 15.9 Å². The Kier molecular flexibility index (Phi) is 6.57. The molecule has 1 unspecified atom stereocenters. The lowest BCUT2D eigenvalue weighted by Crippen LogP contribution is -2.41. The Morgan fingerprint density at radius 3 is 2.42 bits per heavy atom. The number of hydrogen-bond acceptors (Lipinski definition) is 4. The van der Waals surface area contributed by atoms with Gasteiger partial charge in [-0.05, 0) is 25.0 Å². The summed E-state index contributed by atoms with van der Waals surface area (Å²) >= 11 is 3.32. The van der Waals surface area contributed by atoms with Gasteiger partial charge in [-0.15, -0.1) is 0 Å². The number of benzene rings is 1. The van der Waals surface area contributed by atoms with Gasteiger partial charge in [-0.1, -0.05) is 35.0 Å². The molecule has 0 aliphatic carbocycles. The van der Waals surface area contributed by atoms with Crippen molar-refractivity contribution in [3.05, 3.63) is 34.3 Å². The van der Waals surface area contributed by atoms with Crippen molar-refractivity contribution in [3.8, 4) is 0 Å². The van der Waals surface area contributed by atoms with Gasteiger partial charge in [-0.3, -0.25) is 9.59 Å². The van der Waals surface area contributed by atoms with E-state index in [0.29, 0.717) is 18.5 Å². The summed E-state index contributed by atoms with van der Waals surface area (Å²) in [5.74, 6) is -0.0293. The zero-order valence-corrected chi connectivity index (χ0v) is 16.1. The molecule has 1 aromatic carbocycles. The van der Waals surface area contributed by atoms with Crippen LogP contribution in [0.4, 0.5) is 0 Å². The molecular weight excluding hydrogens is 394 g/mol. The Labute approximate surface area is 151 Å². The van der Waals surface area contributed by atoms with Crippen LogP contribution in [0.1, 0.15) is 43.0 Å². The van der Waals surface area contributed by atoms with Crippen molar-refractivity contribution in [2.75, 3.05) is 18.1 Å². The van der Waals surface area contributed by atoms with Gasteiger partial charge in [-0.2, -0.15) is 0 Å². The highest BCUT2D eigenvalue weighted by molar-refractivity contribution is 9.10. The number of halogens is 1. The minimum absolute atomic E-state index is 0.0411. The standard InChI is InChI=1S/C17H22BrNO4S/c1-2-10-19(15-9-11-24(22,23)12-15)17(21)8-7-16(20)13-3-5-14(18)6-4-13/h3-6,15H,2,7-12H2,1H3. The predicted molar refractivity (Wildman–Crippen MR) is 96.8 cm³/mol. The Morgan fingerprint density at radius 2 is 1.88 bits per heavy atom. The first-order valence-corrected chi connectivity index (χ1v) is 10.7. The van der Waals surface area contributed by atoms with E-state index >= 15 is 0 Å². The molecule has 1 saturated heterocycles. The molecule has 24 heavy (non-hydrogen) atoms. The van der Waals surface area contributed by atoms with E-state index in [9.17, 15) is 18.0 Å². The van der Waals surface area contributed by atoms with Crippen LogP contribution in [0, 0.1) is 0 Å². The maximum Gasteiger partial charge on any atom is 0.223 e. The zero-order valence-electron chi connectivity index (χ0n) is 13.7. The molecule has 0 spiro atoms. The first-order chi connectivity index (χ1) is 11.3. The van der Waals surface area contributed by atoms with E-state index in [4.69, 9.17) is 0 Å². The van der Waals surface area contributed by atoms with Crippen molar-refractivity contribution >= 4 is 37.5 Å². The molecule has 1 atom stereocenters. The lowest BCUT2D eigenvalue weighted by Gasteiger charge is -2.28. The third-order valence-corrected chi connectivity index (χ3v) is 6.45. The van der Waals surface area contributed by atoms with Crippen molar-refractivity contribution < 1.29 is 18.0 Å². The van der Waals surface area contributed by atoms with Crippen molar-refractivity contribution in [1.29, 1.82) is 0 Å². The lowest BCUT2D eigenvalue weighted by molar-refractivity contribution is -0.133. The summed E-state index contributed by atoms with van der Waals surface area (Å²) in [5.41, 5.74) is 0.580. The number of hydrogen-bond donors (Lipinski definition) is 0. The second-order valence-corrected chi connectivity index (χ2v) is 9.22. The third-order valence-electron chi connectivity index (χ3n) is 4.17. The summed E-state index contributed by atoms with van der Waals surface area (Å²) in [6, 6.07) is 6.79. The second-order valence-electron chi connectivity index (χ2n) is 6.07. The number of carbonyl (C=O) groups is 2. The molecule has 7 heteroatoms. The topological polar surface area (TPSA) is 71.5 Å². The maximum absolute atomic E-state index is 12.5. The van der Waals surface area contributed by atoms with Crippen LogP contribution in [0.15, 0.2) is 28.7 Å². The largest absolute Gasteiger partial charge is 0.339 e. The van der Waals surface area contributed by atoms with Crippen LogP contribution in [-0.4, -0.2) is 49.1 Å². The number of nitrogens with zero attached hydrogens (tertiary/aromatic N) is 1. The van der Waals surface area contributed by atoms with E-state index in [-0.39, 0.29) is 42.1 Å². The fourth-order valence-electron chi connectivity index (χ4n) is 2.92. The van der Waals surface area contributed by atoms with Gasteiger partial charge in [0.2, 0.25) is 5.91 Å². The number of carbonyl (C=O) groups excluding carboxylic acids is 2. The molecule has 132 valence electrons. The fraction of sp³-hybridized carbons (Fsp3) is 0.529. The molecule has 1 aliphatic rings. The predicted octanol–water partition coefficient (Wildman–Crippen LogP) is 2.84. The van der Waals surface area contributed by atoms with Gasteiger partial charge in [0.1, 0.15) is 0 Å². The van der Waals surface area contributed by atoms with Crippen molar-refractivity contribution in [2.24, 2.45) is 0 Å². The van der Waals surface area contributed by atoms with Crippen LogP contribution in [0.25, 0.3) is 0 Å². The summed E-state index contributed by atoms with van der Waals surface area (Å²) < 4.78 is 24.2. The second kappa shape index (κ2) is 8.25. The molecule has 0 saturated carbocycles. The summed E-state index contributed by atoms with van der Waals surface area (Å²) in [6.45, 7) is 2.49. The van der Waals surface area contributed by atoms with Crippen LogP contribution in [0.3, 0.4) is 0 Å². The molecule has 0 radical (unpaired) electrons.